The average Bonchev–Trinajstić information content (AvgIpc) is 2.27. The standard InChI is InChI=1S/C11H13FO3/c1-14-10-6-8(4-3-5-13)9(12)7-11(10)15-2/h5-7H,3-4H2,1-2H3. The topological polar surface area (TPSA) is 35.5 Å². The van der Waals surface area contributed by atoms with Crippen molar-refractivity contribution in [2.45, 2.75) is 12.8 Å². The number of hydrogen-bond acceptors (Lipinski definition) is 3. The lowest BCUT2D eigenvalue weighted by Crippen LogP contribution is -1.97. The van der Waals surface area contributed by atoms with Gasteiger partial charge in [-0.3, -0.25) is 0 Å². The maximum atomic E-state index is 13.4. The molecule has 1 rings (SSSR count). The van der Waals surface area contributed by atoms with Crippen LogP contribution in [0.4, 0.5) is 4.39 Å². The van der Waals surface area contributed by atoms with Crippen LogP contribution in [-0.2, 0) is 11.2 Å². The zero-order valence-electron chi connectivity index (χ0n) is 8.75. The molecule has 15 heavy (non-hydrogen) atoms. The highest BCUT2D eigenvalue weighted by atomic mass is 19.1. The first-order valence-corrected chi connectivity index (χ1v) is 4.57. The fourth-order valence-corrected chi connectivity index (χ4v) is 1.30. The molecule has 0 heterocycles. The third-order valence-corrected chi connectivity index (χ3v) is 2.08. The Hall–Kier alpha value is -1.58. The van der Waals surface area contributed by atoms with Gasteiger partial charge in [0.1, 0.15) is 12.1 Å². The highest BCUT2D eigenvalue weighted by molar-refractivity contribution is 5.51. The van der Waals surface area contributed by atoms with Crippen molar-refractivity contribution in [3.8, 4) is 11.5 Å². The van der Waals surface area contributed by atoms with Crippen molar-refractivity contribution in [2.24, 2.45) is 0 Å². The molecule has 0 fully saturated rings. The monoisotopic (exact) mass is 212 g/mol. The summed E-state index contributed by atoms with van der Waals surface area (Å²) < 4.78 is 23.4. The summed E-state index contributed by atoms with van der Waals surface area (Å²) in [6, 6.07) is 2.82. The van der Waals surface area contributed by atoms with Gasteiger partial charge in [0, 0.05) is 12.5 Å². The number of carbonyl (C=O) groups is 1. The van der Waals surface area contributed by atoms with E-state index in [-0.39, 0.29) is 5.82 Å². The predicted octanol–water partition coefficient (Wildman–Crippen LogP) is 1.97. The van der Waals surface area contributed by atoms with Gasteiger partial charge in [0.15, 0.2) is 11.5 Å². The molecular formula is C11H13FO3. The Bertz CT molecular complexity index is 350. The molecule has 1 aromatic carbocycles. The van der Waals surface area contributed by atoms with Crippen LogP contribution in [0, 0.1) is 5.82 Å². The summed E-state index contributed by atoms with van der Waals surface area (Å²) >= 11 is 0. The van der Waals surface area contributed by atoms with Crippen LogP contribution < -0.4 is 9.47 Å². The van der Waals surface area contributed by atoms with Crippen LogP contribution in [0.25, 0.3) is 0 Å². The zero-order valence-corrected chi connectivity index (χ0v) is 8.75. The Balaban J connectivity index is 3.02. The molecule has 0 spiro atoms. The van der Waals surface area contributed by atoms with Gasteiger partial charge in [-0.15, -0.1) is 0 Å². The largest absolute Gasteiger partial charge is 0.493 e. The number of aryl methyl sites for hydroxylation is 1. The van der Waals surface area contributed by atoms with Crippen LogP contribution in [0.2, 0.25) is 0 Å². The molecule has 0 amide bonds. The van der Waals surface area contributed by atoms with Gasteiger partial charge in [0.05, 0.1) is 14.2 Å². The molecular weight excluding hydrogens is 199 g/mol. The molecule has 0 bridgehead atoms. The van der Waals surface area contributed by atoms with E-state index in [1.54, 1.807) is 6.07 Å². The summed E-state index contributed by atoms with van der Waals surface area (Å²) in [7, 11) is 2.93. The van der Waals surface area contributed by atoms with Gasteiger partial charge < -0.3 is 14.3 Å². The minimum atomic E-state index is -0.380. The van der Waals surface area contributed by atoms with Crippen molar-refractivity contribution < 1.29 is 18.7 Å². The Morgan fingerprint density at radius 1 is 1.27 bits per heavy atom. The van der Waals surface area contributed by atoms with Crippen molar-refractivity contribution in [1.82, 2.24) is 0 Å². The SMILES string of the molecule is COc1cc(F)c(CCC=O)cc1OC. The van der Waals surface area contributed by atoms with Crippen molar-refractivity contribution in [3.05, 3.63) is 23.5 Å². The van der Waals surface area contributed by atoms with Crippen LogP contribution in [0.15, 0.2) is 12.1 Å². The normalized spacial score (nSPS) is 9.80. The summed E-state index contributed by atoms with van der Waals surface area (Å²) in [6.45, 7) is 0. The van der Waals surface area contributed by atoms with Gasteiger partial charge in [-0.05, 0) is 18.1 Å². The number of carbonyl (C=O) groups excluding carboxylic acids is 1. The van der Waals surface area contributed by atoms with Crippen molar-refractivity contribution in [2.75, 3.05) is 14.2 Å². The van der Waals surface area contributed by atoms with Gasteiger partial charge in [0.2, 0.25) is 0 Å². The lowest BCUT2D eigenvalue weighted by Gasteiger charge is -2.10. The zero-order chi connectivity index (χ0) is 11.3. The predicted molar refractivity (Wildman–Crippen MR) is 53.9 cm³/mol. The van der Waals surface area contributed by atoms with Gasteiger partial charge in [-0.1, -0.05) is 0 Å². The van der Waals surface area contributed by atoms with Crippen LogP contribution in [0.5, 0.6) is 11.5 Å². The Morgan fingerprint density at radius 2 is 1.87 bits per heavy atom. The summed E-state index contributed by atoms with van der Waals surface area (Å²) in [5.74, 6) is 0.444. The van der Waals surface area contributed by atoms with E-state index >= 15 is 0 Å². The number of aldehydes is 1. The highest BCUT2D eigenvalue weighted by Crippen LogP contribution is 2.30. The van der Waals surface area contributed by atoms with Crippen LogP contribution in [0.3, 0.4) is 0 Å². The van der Waals surface area contributed by atoms with E-state index < -0.39 is 0 Å². The molecule has 1 aromatic rings. The van der Waals surface area contributed by atoms with E-state index in [9.17, 15) is 9.18 Å². The molecule has 0 saturated heterocycles. The molecule has 0 N–H and O–H groups in total. The quantitative estimate of drug-likeness (QED) is 0.700. The van der Waals surface area contributed by atoms with E-state index in [1.807, 2.05) is 0 Å². The van der Waals surface area contributed by atoms with E-state index in [0.717, 1.165) is 6.29 Å². The highest BCUT2D eigenvalue weighted by Gasteiger charge is 2.10. The molecule has 0 aliphatic carbocycles. The molecule has 0 aliphatic heterocycles. The lowest BCUT2D eigenvalue weighted by atomic mass is 10.1. The van der Waals surface area contributed by atoms with Crippen LogP contribution in [-0.4, -0.2) is 20.5 Å². The number of rotatable bonds is 5. The number of benzene rings is 1. The van der Waals surface area contributed by atoms with E-state index in [2.05, 4.69) is 0 Å². The fraction of sp³-hybridized carbons (Fsp3) is 0.364. The van der Waals surface area contributed by atoms with Gasteiger partial charge in [-0.2, -0.15) is 0 Å². The first kappa shape index (κ1) is 11.5. The molecule has 82 valence electrons. The number of hydrogen-bond donors (Lipinski definition) is 0. The maximum absolute atomic E-state index is 13.4. The molecule has 4 heteroatoms. The third kappa shape index (κ3) is 2.68. The second-order valence-electron chi connectivity index (χ2n) is 3.00. The molecule has 0 aliphatic rings. The third-order valence-electron chi connectivity index (χ3n) is 2.08. The molecule has 0 saturated carbocycles. The van der Waals surface area contributed by atoms with Crippen LogP contribution >= 0.6 is 0 Å². The smallest absolute Gasteiger partial charge is 0.163 e. The van der Waals surface area contributed by atoms with E-state index in [4.69, 9.17) is 9.47 Å². The first-order valence-electron chi connectivity index (χ1n) is 4.57. The van der Waals surface area contributed by atoms with Crippen molar-refractivity contribution in [3.63, 3.8) is 0 Å². The Kier molecular flexibility index (Phi) is 4.09. The summed E-state index contributed by atoms with van der Waals surface area (Å²) in [5.41, 5.74) is 0.458. The second kappa shape index (κ2) is 5.34. The summed E-state index contributed by atoms with van der Waals surface area (Å²) in [4.78, 5) is 10.2. The van der Waals surface area contributed by atoms with E-state index in [0.29, 0.717) is 29.9 Å². The Morgan fingerprint density at radius 3 is 2.40 bits per heavy atom. The van der Waals surface area contributed by atoms with Gasteiger partial charge in [0.25, 0.3) is 0 Å². The molecule has 0 radical (unpaired) electrons. The molecule has 0 aromatic heterocycles. The average molecular weight is 212 g/mol. The number of methoxy groups -OCH3 is 2. The number of halogens is 1. The van der Waals surface area contributed by atoms with Crippen molar-refractivity contribution >= 4 is 6.29 Å². The second-order valence-corrected chi connectivity index (χ2v) is 3.00. The lowest BCUT2D eigenvalue weighted by molar-refractivity contribution is -0.107. The number of ether oxygens (including phenoxy) is 2. The molecule has 0 atom stereocenters. The van der Waals surface area contributed by atoms with Crippen molar-refractivity contribution in [1.29, 1.82) is 0 Å². The molecule has 0 unspecified atom stereocenters. The first-order chi connectivity index (χ1) is 7.22. The minimum Gasteiger partial charge on any atom is -0.493 e. The fourth-order valence-electron chi connectivity index (χ4n) is 1.30. The van der Waals surface area contributed by atoms with Gasteiger partial charge in [-0.25, -0.2) is 4.39 Å². The van der Waals surface area contributed by atoms with Gasteiger partial charge >= 0.3 is 0 Å². The van der Waals surface area contributed by atoms with E-state index in [1.165, 1.54) is 20.3 Å². The minimum absolute atomic E-state index is 0.298. The maximum Gasteiger partial charge on any atom is 0.163 e. The van der Waals surface area contributed by atoms with Crippen LogP contribution in [0.1, 0.15) is 12.0 Å². The summed E-state index contributed by atoms with van der Waals surface area (Å²) in [5, 5.41) is 0. The molecule has 3 nitrogen and oxygen atoms in total. The summed E-state index contributed by atoms with van der Waals surface area (Å²) in [6.07, 6.45) is 1.43. The Labute approximate surface area is 87.8 Å².